The highest BCUT2D eigenvalue weighted by atomic mass is 32.2. The molecular formula is C13H26N2O4S2Si. The van der Waals surface area contributed by atoms with Crippen LogP contribution < -0.4 is 5.32 Å². The molecule has 0 bridgehead atoms. The largest absolute Gasteiger partial charge is 0.500 e. The van der Waals surface area contributed by atoms with Gasteiger partial charge in [0.15, 0.2) is 0 Å². The summed E-state index contributed by atoms with van der Waals surface area (Å²) in [6.07, 6.45) is 0.776. The van der Waals surface area contributed by atoms with Crippen LogP contribution in [-0.2, 0) is 13.3 Å². The number of nitrogens with zero attached hydrogens (tertiary/aromatic N) is 1. The summed E-state index contributed by atoms with van der Waals surface area (Å²) in [6.45, 7) is 8.95. The standard InChI is InChI=1S/C13H26N2O4S2Si/c1-4-17-22(18-5-2,19-6-3)11-7-8-14-12(16)21-13-15-9-10-20-13/h4-11H2,1-3H3,(H,14,16). The Labute approximate surface area is 142 Å². The van der Waals surface area contributed by atoms with Crippen LogP contribution in [0.25, 0.3) is 0 Å². The number of nitrogens with one attached hydrogen (secondary N) is 1. The summed E-state index contributed by atoms with van der Waals surface area (Å²) in [4.78, 5) is 16.0. The maximum absolute atomic E-state index is 11.8. The number of hydrogen-bond donors (Lipinski definition) is 1. The minimum absolute atomic E-state index is 0.0513. The lowest BCUT2D eigenvalue weighted by Crippen LogP contribution is -2.46. The molecule has 1 N–H and O–H groups in total. The molecule has 9 heteroatoms. The van der Waals surface area contributed by atoms with Crippen molar-refractivity contribution in [3.8, 4) is 0 Å². The zero-order valence-corrected chi connectivity index (χ0v) is 16.2. The number of rotatable bonds is 10. The number of amides is 1. The predicted molar refractivity (Wildman–Crippen MR) is 95.8 cm³/mol. The number of carbonyl (C=O) groups excluding carboxylic acids is 1. The molecule has 1 amide bonds. The van der Waals surface area contributed by atoms with Gasteiger partial charge in [0.05, 0.1) is 6.54 Å². The summed E-state index contributed by atoms with van der Waals surface area (Å²) in [7, 11) is -2.59. The first-order chi connectivity index (χ1) is 10.7. The van der Waals surface area contributed by atoms with Gasteiger partial charge in [0.2, 0.25) is 0 Å². The van der Waals surface area contributed by atoms with E-state index in [2.05, 4.69) is 10.3 Å². The molecule has 0 radical (unpaired) electrons. The van der Waals surface area contributed by atoms with Crippen molar-refractivity contribution in [3.05, 3.63) is 0 Å². The second-order valence-corrected chi connectivity index (χ2v) is 9.43. The minimum Gasteiger partial charge on any atom is -0.374 e. The van der Waals surface area contributed by atoms with Crippen molar-refractivity contribution >= 4 is 41.9 Å². The topological polar surface area (TPSA) is 69.2 Å². The lowest BCUT2D eigenvalue weighted by Gasteiger charge is -2.28. The Hall–Kier alpha value is -0.0631. The van der Waals surface area contributed by atoms with E-state index in [1.807, 2.05) is 20.8 Å². The van der Waals surface area contributed by atoms with Gasteiger partial charge in [0.25, 0.3) is 5.24 Å². The highest BCUT2D eigenvalue weighted by Gasteiger charge is 2.39. The lowest BCUT2D eigenvalue weighted by atomic mass is 10.5. The molecule has 0 atom stereocenters. The van der Waals surface area contributed by atoms with E-state index in [0.29, 0.717) is 32.4 Å². The minimum atomic E-state index is -2.59. The molecule has 0 saturated heterocycles. The Balaban J connectivity index is 2.30. The molecular weight excluding hydrogens is 340 g/mol. The maximum Gasteiger partial charge on any atom is 0.500 e. The molecule has 1 rings (SSSR count). The molecule has 1 aliphatic rings. The number of hydrogen-bond acceptors (Lipinski definition) is 7. The van der Waals surface area contributed by atoms with Crippen LogP contribution in [0, 0.1) is 0 Å². The molecule has 22 heavy (non-hydrogen) atoms. The third-order valence-electron chi connectivity index (χ3n) is 2.76. The summed E-state index contributed by atoms with van der Waals surface area (Å²) in [5.74, 6) is 0.973. The Morgan fingerprint density at radius 1 is 1.27 bits per heavy atom. The van der Waals surface area contributed by atoms with Crippen LogP contribution in [0.5, 0.6) is 0 Å². The van der Waals surface area contributed by atoms with E-state index in [0.717, 1.165) is 23.1 Å². The number of thioether (sulfide) groups is 2. The summed E-state index contributed by atoms with van der Waals surface area (Å²) in [5.41, 5.74) is 0. The van der Waals surface area contributed by atoms with E-state index in [-0.39, 0.29) is 5.24 Å². The van der Waals surface area contributed by atoms with Gasteiger partial charge >= 0.3 is 8.80 Å². The van der Waals surface area contributed by atoms with E-state index in [9.17, 15) is 4.79 Å². The summed E-state index contributed by atoms with van der Waals surface area (Å²) >= 11 is 2.81. The summed E-state index contributed by atoms with van der Waals surface area (Å²) in [6, 6.07) is 0.711. The molecule has 6 nitrogen and oxygen atoms in total. The van der Waals surface area contributed by atoms with Gasteiger partial charge in [-0.05, 0) is 39.0 Å². The van der Waals surface area contributed by atoms with Crippen LogP contribution in [0.3, 0.4) is 0 Å². The van der Waals surface area contributed by atoms with Crippen molar-refractivity contribution in [1.29, 1.82) is 0 Å². The highest BCUT2D eigenvalue weighted by molar-refractivity contribution is 8.45. The third kappa shape index (κ3) is 7.47. The normalized spacial score (nSPS) is 15.0. The molecule has 0 spiro atoms. The molecule has 1 heterocycles. The first kappa shape index (κ1) is 20.0. The van der Waals surface area contributed by atoms with Crippen LogP contribution in [0.4, 0.5) is 4.79 Å². The zero-order chi connectivity index (χ0) is 16.3. The Bertz CT molecular complexity index is 355. The van der Waals surface area contributed by atoms with E-state index >= 15 is 0 Å². The molecule has 0 aromatic rings. The van der Waals surface area contributed by atoms with Crippen LogP contribution >= 0.6 is 23.5 Å². The maximum atomic E-state index is 11.8. The summed E-state index contributed by atoms with van der Waals surface area (Å²) in [5, 5.41) is 2.84. The predicted octanol–water partition coefficient (Wildman–Crippen LogP) is 2.97. The molecule has 128 valence electrons. The molecule has 0 saturated carbocycles. The van der Waals surface area contributed by atoms with Gasteiger partial charge < -0.3 is 18.6 Å². The Morgan fingerprint density at radius 3 is 2.41 bits per heavy atom. The van der Waals surface area contributed by atoms with Crippen molar-refractivity contribution in [2.45, 2.75) is 33.2 Å². The third-order valence-corrected chi connectivity index (χ3v) is 7.91. The second kappa shape index (κ2) is 11.5. The van der Waals surface area contributed by atoms with Gasteiger partial charge in [0.1, 0.15) is 4.38 Å². The summed E-state index contributed by atoms with van der Waals surface area (Å²) < 4.78 is 18.2. The number of carbonyl (C=O) groups is 1. The molecule has 0 fully saturated rings. The molecule has 0 unspecified atom stereocenters. The molecule has 0 aliphatic carbocycles. The van der Waals surface area contributed by atoms with Gasteiger partial charge in [-0.1, -0.05) is 11.8 Å². The van der Waals surface area contributed by atoms with Gasteiger partial charge in [-0.15, -0.1) is 0 Å². The smallest absolute Gasteiger partial charge is 0.374 e. The van der Waals surface area contributed by atoms with Crippen molar-refractivity contribution in [1.82, 2.24) is 5.32 Å². The highest BCUT2D eigenvalue weighted by Crippen LogP contribution is 2.22. The molecule has 1 aliphatic heterocycles. The SMILES string of the molecule is CCO[Si](CCCNC(=O)SC1=NCCS1)(OCC)OCC. The molecule has 0 aromatic heterocycles. The van der Waals surface area contributed by atoms with Crippen molar-refractivity contribution in [2.75, 3.05) is 38.7 Å². The average Bonchev–Trinajstić information content (AvgIpc) is 2.97. The van der Waals surface area contributed by atoms with Crippen LogP contribution in [-0.4, -0.2) is 57.1 Å². The van der Waals surface area contributed by atoms with Crippen LogP contribution in [0.2, 0.25) is 6.04 Å². The fourth-order valence-corrected chi connectivity index (χ4v) is 6.34. The van der Waals surface area contributed by atoms with Crippen molar-refractivity contribution in [3.63, 3.8) is 0 Å². The zero-order valence-electron chi connectivity index (χ0n) is 13.6. The van der Waals surface area contributed by atoms with E-state index in [4.69, 9.17) is 13.3 Å². The van der Waals surface area contributed by atoms with Crippen LogP contribution in [0.1, 0.15) is 27.2 Å². The second-order valence-electron chi connectivity index (χ2n) is 4.40. The monoisotopic (exact) mass is 366 g/mol. The number of aliphatic imine (C=N–C) groups is 1. The van der Waals surface area contributed by atoms with Crippen molar-refractivity contribution < 1.29 is 18.1 Å². The quantitative estimate of drug-likeness (QED) is 0.473. The first-order valence-corrected chi connectivity index (χ1v) is 11.4. The van der Waals surface area contributed by atoms with Gasteiger partial charge in [-0.3, -0.25) is 9.79 Å². The first-order valence-electron chi connectivity index (χ1n) is 7.70. The van der Waals surface area contributed by atoms with Crippen molar-refractivity contribution in [2.24, 2.45) is 4.99 Å². The lowest BCUT2D eigenvalue weighted by molar-refractivity contribution is 0.0708. The fourth-order valence-electron chi connectivity index (χ4n) is 1.99. The van der Waals surface area contributed by atoms with Crippen LogP contribution in [0.15, 0.2) is 4.99 Å². The Morgan fingerprint density at radius 2 is 1.91 bits per heavy atom. The molecule has 0 aromatic carbocycles. The fraction of sp³-hybridized carbons (Fsp3) is 0.846. The van der Waals surface area contributed by atoms with E-state index < -0.39 is 8.80 Å². The average molecular weight is 367 g/mol. The van der Waals surface area contributed by atoms with Gasteiger partial charge in [-0.25, -0.2) is 0 Å². The van der Waals surface area contributed by atoms with Gasteiger partial charge in [-0.2, -0.15) is 0 Å². The van der Waals surface area contributed by atoms with Gasteiger partial charge in [0, 0.05) is 38.2 Å². The van der Waals surface area contributed by atoms with E-state index in [1.165, 1.54) is 11.8 Å². The van der Waals surface area contributed by atoms with E-state index in [1.54, 1.807) is 11.8 Å². The Kier molecular flexibility index (Phi) is 10.4.